The van der Waals surface area contributed by atoms with Crippen molar-refractivity contribution in [2.45, 2.75) is 6.54 Å². The molecule has 25 heavy (non-hydrogen) atoms. The molecule has 124 valence electrons. The molecular formula is C18H13N3O3S. The van der Waals surface area contributed by atoms with Crippen molar-refractivity contribution in [1.82, 2.24) is 15.6 Å². The molecule has 1 amide bonds. The Bertz CT molecular complexity index is 974. The Labute approximate surface area is 147 Å². The first-order valence-electron chi connectivity index (χ1n) is 7.59. The molecule has 7 heteroatoms. The highest BCUT2D eigenvalue weighted by atomic mass is 32.1. The standard InChI is InChI=1S/C18H13N3O3S/c22-18(15-10-16(24-21-15)17-7-4-8-25-17)19-11-13-9-14(20-23-13)12-5-2-1-3-6-12/h1-10H,11H2,(H,19,22). The SMILES string of the molecule is O=C(NCc1cc(-c2ccccc2)no1)c1cc(-c2cccs2)on1. The lowest BCUT2D eigenvalue weighted by Gasteiger charge is -1.97. The van der Waals surface area contributed by atoms with Crippen LogP contribution in [0.25, 0.3) is 21.9 Å². The van der Waals surface area contributed by atoms with Gasteiger partial charge in [0.15, 0.2) is 17.2 Å². The second-order valence-electron chi connectivity index (χ2n) is 5.28. The quantitative estimate of drug-likeness (QED) is 0.588. The number of aromatic nitrogens is 2. The average molecular weight is 351 g/mol. The van der Waals surface area contributed by atoms with Gasteiger partial charge in [-0.3, -0.25) is 4.79 Å². The van der Waals surface area contributed by atoms with E-state index in [9.17, 15) is 4.79 Å². The zero-order valence-corrected chi connectivity index (χ0v) is 13.8. The molecule has 0 aliphatic rings. The van der Waals surface area contributed by atoms with E-state index in [0.717, 1.165) is 16.1 Å². The molecule has 0 fully saturated rings. The van der Waals surface area contributed by atoms with Crippen LogP contribution in [0.1, 0.15) is 16.2 Å². The zero-order chi connectivity index (χ0) is 17.1. The first kappa shape index (κ1) is 15.3. The number of rotatable bonds is 5. The summed E-state index contributed by atoms with van der Waals surface area (Å²) in [5.41, 5.74) is 1.92. The number of carbonyl (C=O) groups is 1. The molecule has 6 nitrogen and oxygen atoms in total. The van der Waals surface area contributed by atoms with Crippen molar-refractivity contribution in [3.05, 3.63) is 71.4 Å². The molecule has 3 heterocycles. The number of amides is 1. The average Bonchev–Trinajstić information content (AvgIpc) is 3.41. The molecule has 0 aliphatic carbocycles. The summed E-state index contributed by atoms with van der Waals surface area (Å²) in [6.07, 6.45) is 0. The minimum atomic E-state index is -0.329. The molecule has 0 saturated heterocycles. The van der Waals surface area contributed by atoms with Crippen LogP contribution in [0.15, 0.2) is 69.0 Å². The van der Waals surface area contributed by atoms with Crippen molar-refractivity contribution in [1.29, 1.82) is 0 Å². The molecule has 3 aromatic heterocycles. The van der Waals surface area contributed by atoms with Crippen LogP contribution in [0.2, 0.25) is 0 Å². The van der Waals surface area contributed by atoms with E-state index < -0.39 is 0 Å². The highest BCUT2D eigenvalue weighted by molar-refractivity contribution is 7.13. The summed E-state index contributed by atoms with van der Waals surface area (Å²) in [6.45, 7) is 0.222. The largest absolute Gasteiger partial charge is 0.359 e. The van der Waals surface area contributed by atoms with Crippen LogP contribution in [-0.2, 0) is 6.54 Å². The fourth-order valence-electron chi connectivity index (χ4n) is 2.32. The lowest BCUT2D eigenvalue weighted by molar-refractivity contribution is 0.0938. The van der Waals surface area contributed by atoms with E-state index in [-0.39, 0.29) is 18.1 Å². The fraction of sp³-hybridized carbons (Fsp3) is 0.0556. The van der Waals surface area contributed by atoms with Crippen LogP contribution in [-0.4, -0.2) is 16.2 Å². The van der Waals surface area contributed by atoms with Gasteiger partial charge >= 0.3 is 0 Å². The van der Waals surface area contributed by atoms with Gasteiger partial charge in [-0.1, -0.05) is 46.7 Å². The Morgan fingerprint density at radius 2 is 1.92 bits per heavy atom. The van der Waals surface area contributed by atoms with Crippen LogP contribution < -0.4 is 5.32 Å². The van der Waals surface area contributed by atoms with Gasteiger partial charge in [-0.2, -0.15) is 0 Å². The van der Waals surface area contributed by atoms with Crippen molar-refractivity contribution < 1.29 is 13.8 Å². The van der Waals surface area contributed by atoms with Crippen LogP contribution in [0, 0.1) is 0 Å². The van der Waals surface area contributed by atoms with Gasteiger partial charge < -0.3 is 14.4 Å². The van der Waals surface area contributed by atoms with Crippen LogP contribution in [0.5, 0.6) is 0 Å². The number of carbonyl (C=O) groups excluding carboxylic acids is 1. The monoisotopic (exact) mass is 351 g/mol. The molecule has 0 bridgehead atoms. The maximum absolute atomic E-state index is 12.2. The third kappa shape index (κ3) is 3.36. The van der Waals surface area contributed by atoms with Crippen molar-refractivity contribution in [2.75, 3.05) is 0 Å². The van der Waals surface area contributed by atoms with E-state index in [4.69, 9.17) is 9.05 Å². The number of benzene rings is 1. The van der Waals surface area contributed by atoms with Gasteiger partial charge in [0.05, 0.1) is 11.4 Å². The third-order valence-electron chi connectivity index (χ3n) is 3.56. The van der Waals surface area contributed by atoms with E-state index in [1.807, 2.05) is 47.8 Å². The summed E-state index contributed by atoms with van der Waals surface area (Å²) in [7, 11) is 0. The highest BCUT2D eigenvalue weighted by Crippen LogP contribution is 2.25. The summed E-state index contributed by atoms with van der Waals surface area (Å²) in [5.74, 6) is 0.810. The number of nitrogens with zero attached hydrogens (tertiary/aromatic N) is 2. The van der Waals surface area contributed by atoms with E-state index in [0.29, 0.717) is 11.5 Å². The fourth-order valence-corrected chi connectivity index (χ4v) is 2.99. The molecule has 4 aromatic rings. The van der Waals surface area contributed by atoms with Crippen molar-refractivity contribution in [3.8, 4) is 21.9 Å². The molecule has 0 unspecified atom stereocenters. The molecule has 1 N–H and O–H groups in total. The smallest absolute Gasteiger partial charge is 0.273 e. The maximum atomic E-state index is 12.2. The van der Waals surface area contributed by atoms with Gasteiger partial charge in [-0.25, -0.2) is 0 Å². The zero-order valence-electron chi connectivity index (χ0n) is 13.0. The summed E-state index contributed by atoms with van der Waals surface area (Å²) in [4.78, 5) is 13.1. The lowest BCUT2D eigenvalue weighted by atomic mass is 10.1. The summed E-state index contributed by atoms with van der Waals surface area (Å²) in [5, 5.41) is 12.5. The summed E-state index contributed by atoms with van der Waals surface area (Å²) >= 11 is 1.52. The van der Waals surface area contributed by atoms with Crippen molar-refractivity contribution in [3.63, 3.8) is 0 Å². The number of nitrogens with one attached hydrogen (secondary N) is 1. The second kappa shape index (κ2) is 6.74. The highest BCUT2D eigenvalue weighted by Gasteiger charge is 2.15. The Kier molecular flexibility index (Phi) is 4.14. The maximum Gasteiger partial charge on any atom is 0.273 e. The van der Waals surface area contributed by atoms with Crippen LogP contribution in [0.3, 0.4) is 0 Å². The van der Waals surface area contributed by atoms with E-state index >= 15 is 0 Å². The molecule has 4 rings (SSSR count). The minimum absolute atomic E-state index is 0.222. The van der Waals surface area contributed by atoms with Gasteiger partial charge in [0.2, 0.25) is 0 Å². The number of hydrogen-bond acceptors (Lipinski definition) is 6. The third-order valence-corrected chi connectivity index (χ3v) is 4.44. The van der Waals surface area contributed by atoms with E-state index in [2.05, 4.69) is 15.6 Å². The van der Waals surface area contributed by atoms with Crippen molar-refractivity contribution in [2.24, 2.45) is 0 Å². The summed E-state index contributed by atoms with van der Waals surface area (Å²) < 4.78 is 10.5. The van der Waals surface area contributed by atoms with E-state index in [1.54, 1.807) is 12.1 Å². The second-order valence-corrected chi connectivity index (χ2v) is 6.23. The molecule has 0 atom stereocenters. The molecule has 1 aromatic carbocycles. The molecule has 0 saturated carbocycles. The first-order chi connectivity index (χ1) is 12.3. The van der Waals surface area contributed by atoms with Gasteiger partial charge in [-0.15, -0.1) is 11.3 Å². The number of hydrogen-bond donors (Lipinski definition) is 1. The van der Waals surface area contributed by atoms with Gasteiger partial charge in [0.25, 0.3) is 5.91 Å². The van der Waals surface area contributed by atoms with Gasteiger partial charge in [0, 0.05) is 17.7 Å². The predicted molar refractivity (Wildman–Crippen MR) is 92.9 cm³/mol. The minimum Gasteiger partial charge on any atom is -0.359 e. The molecular weight excluding hydrogens is 338 g/mol. The Balaban J connectivity index is 1.40. The van der Waals surface area contributed by atoms with Gasteiger partial charge in [0.1, 0.15) is 5.69 Å². The van der Waals surface area contributed by atoms with Gasteiger partial charge in [-0.05, 0) is 11.4 Å². The topological polar surface area (TPSA) is 81.2 Å². The van der Waals surface area contributed by atoms with Crippen molar-refractivity contribution >= 4 is 17.2 Å². The molecule has 0 aliphatic heterocycles. The summed E-state index contributed by atoms with van der Waals surface area (Å²) in [6, 6.07) is 16.9. The Hall–Kier alpha value is -3.19. The molecule has 0 spiro atoms. The Morgan fingerprint density at radius 3 is 2.72 bits per heavy atom. The van der Waals surface area contributed by atoms with Crippen LogP contribution in [0.4, 0.5) is 0 Å². The molecule has 0 radical (unpaired) electrons. The number of thiophene rings is 1. The lowest BCUT2D eigenvalue weighted by Crippen LogP contribution is -2.22. The predicted octanol–water partition coefficient (Wildman–Crippen LogP) is 3.99. The van der Waals surface area contributed by atoms with Crippen LogP contribution >= 0.6 is 11.3 Å². The first-order valence-corrected chi connectivity index (χ1v) is 8.47. The Morgan fingerprint density at radius 1 is 1.04 bits per heavy atom. The van der Waals surface area contributed by atoms with E-state index in [1.165, 1.54) is 11.3 Å². The normalized spacial score (nSPS) is 10.7.